The van der Waals surface area contributed by atoms with Crippen LogP contribution < -0.4 is 0 Å². The van der Waals surface area contributed by atoms with Gasteiger partial charge in [0.25, 0.3) is 0 Å². The van der Waals surface area contributed by atoms with E-state index in [-0.39, 0.29) is 25.9 Å². The Labute approximate surface area is 465 Å². The molecule has 3 N–H and O–H groups in total. The largest absolute Gasteiger partial charge is 0.479 e. The highest BCUT2D eigenvalue weighted by Crippen LogP contribution is 2.26. The Kier molecular flexibility index (Phi) is 47.2. The molecule has 0 amide bonds. The minimum Gasteiger partial charge on any atom is -0.479 e. The fourth-order valence-corrected chi connectivity index (χ4v) is 8.07. The smallest absolute Gasteiger partial charge is 0.335 e. The highest BCUT2D eigenvalue weighted by molar-refractivity contribution is 5.74. The molecule has 1 aliphatic rings. The molecule has 0 radical (unpaired) electrons. The van der Waals surface area contributed by atoms with E-state index in [9.17, 15) is 34.5 Å². The van der Waals surface area contributed by atoms with Gasteiger partial charge in [-0.15, -0.1) is 0 Å². The number of aliphatic hydroxyl groups is 2. The molecular weight excluding hydrogens is 973 g/mol. The average molecular weight is 1080 g/mol. The molecule has 0 aromatic heterocycles. The average Bonchev–Trinajstić information content (AvgIpc) is 3.43. The maximum atomic E-state index is 13.1. The van der Waals surface area contributed by atoms with Gasteiger partial charge >= 0.3 is 23.9 Å². The van der Waals surface area contributed by atoms with E-state index >= 15 is 0 Å². The molecule has 1 heterocycles. The Hall–Kier alpha value is -4.88. The highest BCUT2D eigenvalue weighted by Gasteiger charge is 2.50. The topological polar surface area (TPSA) is 175 Å². The second-order valence-electron chi connectivity index (χ2n) is 19.5. The van der Waals surface area contributed by atoms with Crippen molar-refractivity contribution in [3.8, 4) is 0 Å². The summed E-state index contributed by atoms with van der Waals surface area (Å²) in [5.74, 6) is -3.33. The number of carbonyl (C=O) groups is 4. The van der Waals surface area contributed by atoms with Crippen LogP contribution in [0.3, 0.4) is 0 Å². The minimum absolute atomic E-state index is 0.125. The monoisotopic (exact) mass is 1070 g/mol. The fraction of sp³-hybridized carbons (Fsp3) is 0.631. The Bertz CT molecular complexity index is 1800. The minimum atomic E-state index is -1.94. The van der Waals surface area contributed by atoms with Crippen molar-refractivity contribution in [3.05, 3.63) is 122 Å². The fourth-order valence-electron chi connectivity index (χ4n) is 8.07. The highest BCUT2D eigenvalue weighted by atomic mass is 16.7. The summed E-state index contributed by atoms with van der Waals surface area (Å²) in [6, 6.07) is 0. The van der Waals surface area contributed by atoms with Gasteiger partial charge in [0.15, 0.2) is 24.6 Å². The number of rotatable bonds is 48. The Morgan fingerprint density at radius 2 is 0.857 bits per heavy atom. The summed E-state index contributed by atoms with van der Waals surface area (Å²) in [5, 5.41) is 31.4. The van der Waals surface area contributed by atoms with Gasteiger partial charge < -0.3 is 39.0 Å². The van der Waals surface area contributed by atoms with Gasteiger partial charge in [-0.1, -0.05) is 206 Å². The standard InChI is InChI=1S/C65H102O12/c1-4-7-10-13-16-19-22-25-28-29-32-33-36-39-42-45-48-51-57(66)73-54-56(75-58(67)52-49-46-43-40-37-34-30-26-23-20-17-14-11-8-5-2)55-74-65-63(61(70)60(69)62(77-65)64(71)72)76-59(68)53-50-47-44-41-38-35-31-27-24-21-18-15-12-9-6-3/h8-9,11-12,16-21,25-28,30-31,38,41,47,50,56,60-63,65,69-70H,4-7,10,13-15,22-24,29,32-37,39-40,42-46,48-49,51-55H2,1-3H3,(H,71,72)/b11-8-,12-9-,19-16-,20-17-,21-18-,28-25-,30-26-,31-27-,41-38-,50-47-. The van der Waals surface area contributed by atoms with Crippen molar-refractivity contribution in [1.82, 2.24) is 0 Å². The first-order valence-corrected chi connectivity index (χ1v) is 29.5. The third-order valence-corrected chi connectivity index (χ3v) is 12.5. The lowest BCUT2D eigenvalue weighted by Gasteiger charge is -2.40. The zero-order valence-corrected chi connectivity index (χ0v) is 47.7. The Morgan fingerprint density at radius 3 is 1.31 bits per heavy atom. The normalized spacial score (nSPS) is 18.9. The molecule has 1 aliphatic heterocycles. The van der Waals surface area contributed by atoms with Crippen LogP contribution >= 0.6 is 0 Å². The SMILES string of the molecule is CC/C=C\C/C=C\C/C=C\C/C=C\C/C=C\CC(=O)OC1C(OCC(COC(=O)CCCCCCCCC/C=C\C/C=C\CCCCC)OC(=O)CCCCCCC/C=C\C/C=C\C/C=C\CC)OC(C(=O)O)C(O)C1O. The van der Waals surface area contributed by atoms with Crippen molar-refractivity contribution < 1.29 is 58.2 Å². The van der Waals surface area contributed by atoms with Crippen LogP contribution in [0.15, 0.2) is 122 Å². The molecule has 12 heteroatoms. The van der Waals surface area contributed by atoms with Crippen molar-refractivity contribution in [2.45, 2.75) is 250 Å². The van der Waals surface area contributed by atoms with Gasteiger partial charge in [-0.25, -0.2) is 4.79 Å². The molecular formula is C65H102O12. The van der Waals surface area contributed by atoms with E-state index in [0.29, 0.717) is 19.3 Å². The third-order valence-electron chi connectivity index (χ3n) is 12.5. The van der Waals surface area contributed by atoms with Gasteiger partial charge in [0, 0.05) is 12.8 Å². The van der Waals surface area contributed by atoms with Crippen LogP contribution in [0.1, 0.15) is 213 Å². The molecule has 12 nitrogen and oxygen atoms in total. The number of carboxylic acids is 1. The van der Waals surface area contributed by atoms with Crippen molar-refractivity contribution in [2.75, 3.05) is 13.2 Å². The lowest BCUT2D eigenvalue weighted by atomic mass is 9.98. The summed E-state index contributed by atoms with van der Waals surface area (Å²) in [6.45, 7) is 5.66. The van der Waals surface area contributed by atoms with Crippen LogP contribution in [-0.2, 0) is 42.9 Å². The van der Waals surface area contributed by atoms with Crippen LogP contribution in [0, 0.1) is 0 Å². The summed E-state index contributed by atoms with van der Waals surface area (Å²) in [5.41, 5.74) is 0. The Balaban J connectivity index is 2.76. The predicted molar refractivity (Wildman–Crippen MR) is 312 cm³/mol. The van der Waals surface area contributed by atoms with Crippen LogP contribution in [-0.4, -0.2) is 89.2 Å². The number of aliphatic carboxylic acids is 1. The molecule has 77 heavy (non-hydrogen) atoms. The quantitative estimate of drug-likeness (QED) is 0.0228. The van der Waals surface area contributed by atoms with E-state index in [1.54, 1.807) is 12.2 Å². The van der Waals surface area contributed by atoms with Crippen LogP contribution in [0.4, 0.5) is 0 Å². The lowest BCUT2D eigenvalue weighted by Crippen LogP contribution is -2.61. The second kappa shape index (κ2) is 51.9. The van der Waals surface area contributed by atoms with Gasteiger partial charge in [0.1, 0.15) is 18.8 Å². The summed E-state index contributed by atoms with van der Waals surface area (Å²) >= 11 is 0. The first-order chi connectivity index (χ1) is 37.6. The number of unbranched alkanes of at least 4 members (excludes halogenated alkanes) is 15. The molecule has 0 aliphatic carbocycles. The first kappa shape index (κ1) is 70.1. The molecule has 1 rings (SSSR count). The van der Waals surface area contributed by atoms with Gasteiger partial charge in [-0.3, -0.25) is 14.4 Å². The predicted octanol–water partition coefficient (Wildman–Crippen LogP) is 15.2. The number of carbonyl (C=O) groups excluding carboxylic acids is 3. The van der Waals surface area contributed by atoms with Gasteiger partial charge in [-0.05, 0) is 109 Å². The molecule has 1 saturated heterocycles. The van der Waals surface area contributed by atoms with Crippen LogP contribution in [0.5, 0.6) is 0 Å². The molecule has 1 fully saturated rings. The second-order valence-corrected chi connectivity index (χ2v) is 19.5. The third kappa shape index (κ3) is 41.8. The van der Waals surface area contributed by atoms with Gasteiger partial charge in [-0.2, -0.15) is 0 Å². The van der Waals surface area contributed by atoms with Crippen LogP contribution in [0.25, 0.3) is 0 Å². The van der Waals surface area contributed by atoms with E-state index in [1.165, 1.54) is 38.5 Å². The number of hydrogen-bond donors (Lipinski definition) is 3. The first-order valence-electron chi connectivity index (χ1n) is 29.5. The molecule has 6 unspecified atom stereocenters. The molecule has 0 bridgehead atoms. The number of allylic oxidation sites excluding steroid dienone is 19. The van der Waals surface area contributed by atoms with E-state index in [4.69, 9.17) is 23.7 Å². The van der Waals surface area contributed by atoms with E-state index in [0.717, 1.165) is 116 Å². The lowest BCUT2D eigenvalue weighted by molar-refractivity contribution is -0.301. The van der Waals surface area contributed by atoms with E-state index < -0.39 is 67.3 Å². The number of aliphatic hydroxyl groups excluding tert-OH is 2. The zero-order valence-electron chi connectivity index (χ0n) is 47.7. The Morgan fingerprint density at radius 1 is 0.455 bits per heavy atom. The summed E-state index contributed by atoms with van der Waals surface area (Å²) < 4.78 is 28.3. The van der Waals surface area contributed by atoms with Crippen molar-refractivity contribution in [1.29, 1.82) is 0 Å². The zero-order chi connectivity index (χ0) is 56.1. The van der Waals surface area contributed by atoms with Crippen molar-refractivity contribution in [3.63, 3.8) is 0 Å². The van der Waals surface area contributed by atoms with Crippen molar-refractivity contribution >= 4 is 23.9 Å². The molecule has 0 spiro atoms. The number of carboxylic acid groups (broad SMARTS) is 1. The van der Waals surface area contributed by atoms with E-state index in [2.05, 4.69) is 118 Å². The maximum Gasteiger partial charge on any atom is 0.335 e. The van der Waals surface area contributed by atoms with Crippen molar-refractivity contribution in [2.24, 2.45) is 0 Å². The number of ether oxygens (including phenoxy) is 5. The summed E-state index contributed by atoms with van der Waals surface area (Å²) in [6.07, 6.45) is 59.0. The van der Waals surface area contributed by atoms with E-state index in [1.807, 2.05) is 12.2 Å². The molecule has 0 saturated carbocycles. The molecule has 0 aromatic rings. The molecule has 434 valence electrons. The molecule has 0 aromatic carbocycles. The molecule has 6 atom stereocenters. The maximum absolute atomic E-state index is 13.1. The summed E-state index contributed by atoms with van der Waals surface area (Å²) in [4.78, 5) is 51.1. The number of hydrogen-bond acceptors (Lipinski definition) is 11. The summed E-state index contributed by atoms with van der Waals surface area (Å²) in [7, 11) is 0. The van der Waals surface area contributed by atoms with Gasteiger partial charge in [0.05, 0.1) is 13.0 Å². The number of esters is 3. The van der Waals surface area contributed by atoms with Gasteiger partial charge in [0.2, 0.25) is 0 Å². The van der Waals surface area contributed by atoms with Crippen LogP contribution in [0.2, 0.25) is 0 Å².